The maximum absolute atomic E-state index is 12.4. The summed E-state index contributed by atoms with van der Waals surface area (Å²) in [6.45, 7) is 3.87. The van der Waals surface area contributed by atoms with Crippen LogP contribution in [-0.4, -0.2) is 42.4 Å². The molecule has 1 heterocycles. The zero-order chi connectivity index (χ0) is 22.4. The van der Waals surface area contributed by atoms with Gasteiger partial charge in [0.15, 0.2) is 15.5 Å². The molecule has 3 rings (SSSR count). The molecule has 9 heteroatoms. The van der Waals surface area contributed by atoms with Crippen LogP contribution in [0.3, 0.4) is 0 Å². The summed E-state index contributed by atoms with van der Waals surface area (Å²) < 4.78 is 31.2. The van der Waals surface area contributed by atoms with E-state index in [0.717, 1.165) is 5.56 Å². The van der Waals surface area contributed by atoms with Crippen molar-refractivity contribution < 1.29 is 22.7 Å². The van der Waals surface area contributed by atoms with Crippen LogP contribution in [0.2, 0.25) is 0 Å². The van der Waals surface area contributed by atoms with Gasteiger partial charge in [-0.05, 0) is 56.3 Å². The summed E-state index contributed by atoms with van der Waals surface area (Å²) in [5, 5.41) is 6.86. The van der Waals surface area contributed by atoms with E-state index in [2.05, 4.69) is 10.4 Å². The lowest BCUT2D eigenvalue weighted by Gasteiger charge is -2.08. The summed E-state index contributed by atoms with van der Waals surface area (Å²) >= 11 is 0. The number of aromatic nitrogens is 2. The highest BCUT2D eigenvalue weighted by Gasteiger charge is 2.16. The number of carbonyl (C=O) groups excluding carboxylic acids is 2. The summed E-state index contributed by atoms with van der Waals surface area (Å²) in [4.78, 5) is 24.1. The van der Waals surface area contributed by atoms with Crippen LogP contribution >= 0.6 is 0 Å². The quantitative estimate of drug-likeness (QED) is 0.538. The molecule has 1 N–H and O–H groups in total. The molecule has 8 nitrogen and oxygen atoms in total. The minimum Gasteiger partial charge on any atom is -0.461 e. The molecular weight excluding hydrogens is 418 g/mol. The van der Waals surface area contributed by atoms with Gasteiger partial charge < -0.3 is 10.1 Å². The molecular formula is C22H23N3O5S. The number of esters is 1. The lowest BCUT2D eigenvalue weighted by molar-refractivity contribution is -0.115. The molecule has 0 radical (unpaired) electrons. The van der Waals surface area contributed by atoms with E-state index in [1.807, 2.05) is 6.92 Å². The van der Waals surface area contributed by atoms with Crippen LogP contribution in [0, 0.1) is 6.92 Å². The molecule has 0 unspecified atom stereocenters. The standard InChI is InChI=1S/C22H23N3O5S/c1-3-30-22(27)20-12-14-25(24-20)18-8-6-17(7-9-18)23-21(26)13-15-31(28,29)19-10-4-16(2)5-11-19/h4-12,14H,3,13,15H2,1-2H3,(H,23,26). The fraction of sp³-hybridized carbons (Fsp3) is 0.227. The van der Waals surface area contributed by atoms with Crippen molar-refractivity contribution in [1.82, 2.24) is 9.78 Å². The summed E-state index contributed by atoms with van der Waals surface area (Å²) in [5.74, 6) is -1.16. The molecule has 0 spiro atoms. The Morgan fingerprint density at radius 2 is 1.71 bits per heavy atom. The molecule has 31 heavy (non-hydrogen) atoms. The summed E-state index contributed by atoms with van der Waals surface area (Å²) in [6, 6.07) is 14.9. The van der Waals surface area contributed by atoms with Gasteiger partial charge in [0.2, 0.25) is 5.91 Å². The maximum atomic E-state index is 12.4. The number of carbonyl (C=O) groups is 2. The number of nitrogens with zero attached hydrogens (tertiary/aromatic N) is 2. The monoisotopic (exact) mass is 441 g/mol. The number of hydrogen-bond donors (Lipinski definition) is 1. The molecule has 0 atom stereocenters. The van der Waals surface area contributed by atoms with Crippen molar-refractivity contribution in [3.63, 3.8) is 0 Å². The number of nitrogens with one attached hydrogen (secondary N) is 1. The van der Waals surface area contributed by atoms with Crippen LogP contribution in [0.15, 0.2) is 65.7 Å². The highest BCUT2D eigenvalue weighted by atomic mass is 32.2. The Bertz CT molecular complexity index is 1170. The van der Waals surface area contributed by atoms with Gasteiger partial charge in [-0.3, -0.25) is 4.79 Å². The fourth-order valence-corrected chi connectivity index (χ4v) is 4.03. The van der Waals surface area contributed by atoms with Crippen molar-refractivity contribution in [1.29, 1.82) is 0 Å². The van der Waals surface area contributed by atoms with Gasteiger partial charge in [-0.1, -0.05) is 17.7 Å². The van der Waals surface area contributed by atoms with Gasteiger partial charge >= 0.3 is 5.97 Å². The number of rotatable bonds is 8. The molecule has 0 bridgehead atoms. The van der Waals surface area contributed by atoms with Crippen LogP contribution in [0.1, 0.15) is 29.4 Å². The molecule has 3 aromatic rings. The number of sulfone groups is 1. The van der Waals surface area contributed by atoms with Gasteiger partial charge in [0.1, 0.15) is 0 Å². The third-order valence-corrected chi connectivity index (χ3v) is 6.20. The number of hydrogen-bond acceptors (Lipinski definition) is 6. The number of anilines is 1. The maximum Gasteiger partial charge on any atom is 0.358 e. The molecule has 0 aliphatic rings. The van der Waals surface area contributed by atoms with Crippen molar-refractivity contribution in [3.8, 4) is 5.69 Å². The van der Waals surface area contributed by atoms with Gasteiger partial charge in [0, 0.05) is 18.3 Å². The van der Waals surface area contributed by atoms with Gasteiger partial charge in [-0.25, -0.2) is 17.9 Å². The summed E-state index contributed by atoms with van der Waals surface area (Å²) in [7, 11) is -3.53. The second kappa shape index (κ2) is 9.57. The molecule has 0 aliphatic carbocycles. The second-order valence-corrected chi connectivity index (χ2v) is 8.95. The van der Waals surface area contributed by atoms with E-state index >= 15 is 0 Å². The second-order valence-electron chi connectivity index (χ2n) is 6.84. The van der Waals surface area contributed by atoms with E-state index in [1.54, 1.807) is 67.7 Å². The van der Waals surface area contributed by atoms with Crippen LogP contribution in [0.5, 0.6) is 0 Å². The highest BCUT2D eigenvalue weighted by molar-refractivity contribution is 7.91. The molecule has 0 saturated carbocycles. The molecule has 0 saturated heterocycles. The van der Waals surface area contributed by atoms with Crippen molar-refractivity contribution in [2.75, 3.05) is 17.7 Å². The fourth-order valence-electron chi connectivity index (χ4n) is 2.79. The highest BCUT2D eigenvalue weighted by Crippen LogP contribution is 2.16. The molecule has 2 aromatic carbocycles. The Kier molecular flexibility index (Phi) is 6.86. The Labute approximate surface area is 180 Å². The lowest BCUT2D eigenvalue weighted by atomic mass is 10.2. The number of amides is 1. The van der Waals surface area contributed by atoms with Crippen molar-refractivity contribution in [3.05, 3.63) is 72.1 Å². The van der Waals surface area contributed by atoms with Crippen LogP contribution < -0.4 is 5.32 Å². The first kappa shape index (κ1) is 22.2. The first-order chi connectivity index (χ1) is 14.8. The third-order valence-electron chi connectivity index (χ3n) is 4.47. The predicted molar refractivity (Wildman–Crippen MR) is 116 cm³/mol. The number of benzene rings is 2. The lowest BCUT2D eigenvalue weighted by Crippen LogP contribution is -2.17. The summed E-state index contributed by atoms with van der Waals surface area (Å²) in [6.07, 6.45) is 1.48. The number of ether oxygens (including phenoxy) is 1. The van der Waals surface area contributed by atoms with E-state index in [4.69, 9.17) is 4.74 Å². The summed E-state index contributed by atoms with van der Waals surface area (Å²) in [5.41, 5.74) is 2.39. The topological polar surface area (TPSA) is 107 Å². The van der Waals surface area contributed by atoms with E-state index in [9.17, 15) is 18.0 Å². The van der Waals surface area contributed by atoms with E-state index < -0.39 is 21.7 Å². The van der Waals surface area contributed by atoms with Crippen LogP contribution in [-0.2, 0) is 19.4 Å². The van der Waals surface area contributed by atoms with E-state index in [-0.39, 0.29) is 29.4 Å². The molecule has 0 fully saturated rings. The Balaban J connectivity index is 1.58. The zero-order valence-corrected chi connectivity index (χ0v) is 18.1. The minimum absolute atomic E-state index is 0.153. The minimum atomic E-state index is -3.53. The van der Waals surface area contributed by atoms with Crippen molar-refractivity contribution in [2.45, 2.75) is 25.2 Å². The van der Waals surface area contributed by atoms with E-state index in [0.29, 0.717) is 11.4 Å². The predicted octanol–water partition coefficient (Wildman–Crippen LogP) is 3.16. The SMILES string of the molecule is CCOC(=O)c1ccn(-c2ccc(NC(=O)CCS(=O)(=O)c3ccc(C)cc3)cc2)n1. The van der Waals surface area contributed by atoms with Crippen molar-refractivity contribution >= 4 is 27.4 Å². The third kappa shape index (κ3) is 5.79. The van der Waals surface area contributed by atoms with Gasteiger partial charge in [0.05, 0.1) is 22.9 Å². The van der Waals surface area contributed by atoms with Gasteiger partial charge in [0.25, 0.3) is 0 Å². The molecule has 1 amide bonds. The van der Waals surface area contributed by atoms with E-state index in [1.165, 1.54) is 4.68 Å². The van der Waals surface area contributed by atoms with Gasteiger partial charge in [-0.15, -0.1) is 0 Å². The molecule has 0 aliphatic heterocycles. The average Bonchev–Trinajstić information content (AvgIpc) is 3.24. The van der Waals surface area contributed by atoms with Gasteiger partial charge in [-0.2, -0.15) is 5.10 Å². The van der Waals surface area contributed by atoms with Crippen LogP contribution in [0.25, 0.3) is 5.69 Å². The van der Waals surface area contributed by atoms with Crippen molar-refractivity contribution in [2.24, 2.45) is 0 Å². The average molecular weight is 442 g/mol. The smallest absolute Gasteiger partial charge is 0.358 e. The first-order valence-corrected chi connectivity index (χ1v) is 11.4. The van der Waals surface area contributed by atoms with Crippen LogP contribution in [0.4, 0.5) is 5.69 Å². The number of aryl methyl sites for hydroxylation is 1. The Hall–Kier alpha value is -3.46. The first-order valence-electron chi connectivity index (χ1n) is 9.71. The Morgan fingerprint density at radius 3 is 2.35 bits per heavy atom. The molecule has 1 aromatic heterocycles. The zero-order valence-electron chi connectivity index (χ0n) is 17.2. The normalized spacial score (nSPS) is 11.2. The molecule has 162 valence electrons. The Morgan fingerprint density at radius 1 is 1.03 bits per heavy atom. The largest absolute Gasteiger partial charge is 0.461 e.